The van der Waals surface area contributed by atoms with Crippen LogP contribution in [-0.2, 0) is 6.54 Å². The molecule has 3 heteroatoms. The molecule has 0 spiro atoms. The zero-order valence-corrected chi connectivity index (χ0v) is 10.7. The van der Waals surface area contributed by atoms with Gasteiger partial charge in [0.05, 0.1) is 6.54 Å². The van der Waals surface area contributed by atoms with Crippen LogP contribution in [0, 0.1) is 13.8 Å². The minimum Gasteiger partial charge on any atom is -0.491 e. The smallest absolute Gasteiger partial charge is 0.250 e. The van der Waals surface area contributed by atoms with Crippen LogP contribution >= 0.6 is 0 Å². The van der Waals surface area contributed by atoms with Crippen LogP contribution in [0.25, 0.3) is 0 Å². The second-order valence-electron chi connectivity index (χ2n) is 4.35. The largest absolute Gasteiger partial charge is 0.491 e. The predicted octanol–water partition coefficient (Wildman–Crippen LogP) is 2.54. The fraction of sp³-hybridized carbons (Fsp3) is 0.267. The lowest BCUT2D eigenvalue weighted by Crippen LogP contribution is -2.21. The highest BCUT2D eigenvalue weighted by Crippen LogP contribution is 2.18. The van der Waals surface area contributed by atoms with Gasteiger partial charge in [-0.3, -0.25) is 4.79 Å². The summed E-state index contributed by atoms with van der Waals surface area (Å²) in [6.07, 6.45) is 1.77. The highest BCUT2D eigenvalue weighted by Gasteiger charge is 2.00. The Kier molecular flexibility index (Phi) is 3.82. The average Bonchev–Trinajstić information content (AvgIpc) is 2.34. The van der Waals surface area contributed by atoms with E-state index in [0.717, 1.165) is 11.3 Å². The third-order valence-corrected chi connectivity index (χ3v) is 2.82. The zero-order valence-electron chi connectivity index (χ0n) is 10.7. The van der Waals surface area contributed by atoms with Gasteiger partial charge in [0.2, 0.25) is 0 Å². The molecule has 1 heterocycles. The maximum atomic E-state index is 11.5. The zero-order chi connectivity index (χ0) is 13.0. The fourth-order valence-electron chi connectivity index (χ4n) is 1.86. The fourth-order valence-corrected chi connectivity index (χ4v) is 1.86. The molecule has 2 rings (SSSR count). The number of nitrogens with zero attached hydrogens (tertiary/aromatic N) is 1. The standard InChI is InChI=1S/C15H17NO2/c1-12-6-7-14(13(2)11-12)18-10-9-16-8-4-3-5-15(16)17/h3-8,11H,9-10H2,1-2H3. The van der Waals surface area contributed by atoms with E-state index in [2.05, 4.69) is 13.0 Å². The molecule has 0 unspecified atom stereocenters. The number of hydrogen-bond acceptors (Lipinski definition) is 2. The topological polar surface area (TPSA) is 31.2 Å². The summed E-state index contributed by atoms with van der Waals surface area (Å²) in [4.78, 5) is 11.5. The second kappa shape index (κ2) is 5.54. The van der Waals surface area contributed by atoms with Crippen LogP contribution in [0.2, 0.25) is 0 Å². The molecular formula is C15H17NO2. The molecule has 2 aromatic rings. The van der Waals surface area contributed by atoms with Gasteiger partial charge in [0.25, 0.3) is 5.56 Å². The summed E-state index contributed by atoms with van der Waals surface area (Å²) < 4.78 is 7.33. The van der Waals surface area contributed by atoms with E-state index in [1.54, 1.807) is 22.9 Å². The molecule has 0 saturated carbocycles. The summed E-state index contributed by atoms with van der Waals surface area (Å²) in [5.74, 6) is 0.879. The molecule has 0 fully saturated rings. The molecule has 94 valence electrons. The number of rotatable bonds is 4. The number of pyridine rings is 1. The van der Waals surface area contributed by atoms with Crippen molar-refractivity contribution in [1.29, 1.82) is 0 Å². The van der Waals surface area contributed by atoms with Gasteiger partial charge in [0, 0.05) is 12.3 Å². The lowest BCUT2D eigenvalue weighted by atomic mass is 10.1. The van der Waals surface area contributed by atoms with Crippen LogP contribution in [0.1, 0.15) is 11.1 Å². The first kappa shape index (κ1) is 12.4. The molecule has 0 saturated heterocycles. The third-order valence-electron chi connectivity index (χ3n) is 2.82. The van der Waals surface area contributed by atoms with Crippen molar-refractivity contribution >= 4 is 0 Å². The van der Waals surface area contributed by atoms with Crippen LogP contribution in [-0.4, -0.2) is 11.2 Å². The summed E-state index contributed by atoms with van der Waals surface area (Å²) in [5.41, 5.74) is 2.34. The molecule has 0 N–H and O–H groups in total. The molecule has 1 aromatic heterocycles. The molecule has 0 amide bonds. The molecule has 0 radical (unpaired) electrons. The van der Waals surface area contributed by atoms with Crippen molar-refractivity contribution in [3.63, 3.8) is 0 Å². The molecule has 0 aliphatic heterocycles. The van der Waals surface area contributed by atoms with Crippen LogP contribution in [0.5, 0.6) is 5.75 Å². The first-order valence-electron chi connectivity index (χ1n) is 6.02. The van der Waals surface area contributed by atoms with E-state index in [4.69, 9.17) is 4.74 Å². The van der Waals surface area contributed by atoms with Gasteiger partial charge in [0.1, 0.15) is 12.4 Å². The van der Waals surface area contributed by atoms with E-state index >= 15 is 0 Å². The van der Waals surface area contributed by atoms with E-state index < -0.39 is 0 Å². The van der Waals surface area contributed by atoms with Gasteiger partial charge in [-0.2, -0.15) is 0 Å². The van der Waals surface area contributed by atoms with Crippen molar-refractivity contribution in [2.75, 3.05) is 6.61 Å². The van der Waals surface area contributed by atoms with Gasteiger partial charge in [-0.15, -0.1) is 0 Å². The van der Waals surface area contributed by atoms with Gasteiger partial charge in [-0.1, -0.05) is 23.8 Å². The van der Waals surface area contributed by atoms with E-state index in [9.17, 15) is 4.79 Å². The third kappa shape index (κ3) is 3.00. The van der Waals surface area contributed by atoms with Crippen molar-refractivity contribution in [2.45, 2.75) is 20.4 Å². The monoisotopic (exact) mass is 243 g/mol. The van der Waals surface area contributed by atoms with Gasteiger partial charge >= 0.3 is 0 Å². The van der Waals surface area contributed by atoms with Crippen molar-refractivity contribution in [1.82, 2.24) is 4.57 Å². The molecule has 1 aromatic carbocycles. The van der Waals surface area contributed by atoms with Gasteiger partial charge < -0.3 is 9.30 Å². The van der Waals surface area contributed by atoms with E-state index in [0.29, 0.717) is 13.2 Å². The Balaban J connectivity index is 1.97. The Hall–Kier alpha value is -2.03. The average molecular weight is 243 g/mol. The molecule has 0 bridgehead atoms. The number of aromatic nitrogens is 1. The van der Waals surface area contributed by atoms with Crippen molar-refractivity contribution in [3.8, 4) is 5.75 Å². The van der Waals surface area contributed by atoms with Crippen LogP contribution in [0.4, 0.5) is 0 Å². The quantitative estimate of drug-likeness (QED) is 0.826. The Bertz CT molecular complexity index is 587. The Morgan fingerprint density at radius 1 is 1.17 bits per heavy atom. The Morgan fingerprint density at radius 3 is 2.72 bits per heavy atom. The molecule has 0 atom stereocenters. The van der Waals surface area contributed by atoms with Crippen LogP contribution in [0.15, 0.2) is 47.4 Å². The minimum atomic E-state index is 0.00160. The summed E-state index contributed by atoms with van der Waals surface area (Å²) in [7, 11) is 0. The minimum absolute atomic E-state index is 0.00160. The van der Waals surface area contributed by atoms with Gasteiger partial charge in [0.15, 0.2) is 0 Å². The summed E-state index contributed by atoms with van der Waals surface area (Å²) in [5, 5.41) is 0. The number of ether oxygens (including phenoxy) is 1. The van der Waals surface area contributed by atoms with Crippen molar-refractivity contribution < 1.29 is 4.74 Å². The second-order valence-corrected chi connectivity index (χ2v) is 4.35. The lowest BCUT2D eigenvalue weighted by molar-refractivity contribution is 0.294. The molecular weight excluding hydrogens is 226 g/mol. The van der Waals surface area contributed by atoms with Crippen molar-refractivity contribution in [3.05, 3.63) is 64.1 Å². The van der Waals surface area contributed by atoms with Crippen molar-refractivity contribution in [2.24, 2.45) is 0 Å². The number of aryl methyl sites for hydroxylation is 2. The van der Waals surface area contributed by atoms with Gasteiger partial charge in [-0.25, -0.2) is 0 Å². The van der Waals surface area contributed by atoms with Crippen LogP contribution in [0.3, 0.4) is 0 Å². The Morgan fingerprint density at radius 2 is 2.00 bits per heavy atom. The first-order chi connectivity index (χ1) is 8.66. The molecule has 3 nitrogen and oxygen atoms in total. The highest BCUT2D eigenvalue weighted by atomic mass is 16.5. The first-order valence-corrected chi connectivity index (χ1v) is 6.02. The van der Waals surface area contributed by atoms with E-state index in [1.807, 2.05) is 25.1 Å². The summed E-state index contributed by atoms with van der Waals surface area (Å²) >= 11 is 0. The molecule has 0 aliphatic carbocycles. The maximum Gasteiger partial charge on any atom is 0.250 e. The van der Waals surface area contributed by atoms with Crippen LogP contribution < -0.4 is 10.3 Å². The summed E-state index contributed by atoms with van der Waals surface area (Å²) in [6.45, 7) is 5.14. The summed E-state index contributed by atoms with van der Waals surface area (Å²) in [6, 6.07) is 11.2. The lowest BCUT2D eigenvalue weighted by Gasteiger charge is -2.10. The number of benzene rings is 1. The molecule has 0 aliphatic rings. The van der Waals surface area contributed by atoms with Gasteiger partial charge in [-0.05, 0) is 31.5 Å². The number of hydrogen-bond donors (Lipinski definition) is 0. The normalized spacial score (nSPS) is 10.3. The SMILES string of the molecule is Cc1ccc(OCCn2ccccc2=O)c(C)c1. The maximum absolute atomic E-state index is 11.5. The molecule has 18 heavy (non-hydrogen) atoms. The highest BCUT2D eigenvalue weighted by molar-refractivity contribution is 5.35. The van der Waals surface area contributed by atoms with E-state index in [1.165, 1.54) is 5.56 Å². The Labute approximate surface area is 107 Å². The van der Waals surface area contributed by atoms with E-state index in [-0.39, 0.29) is 5.56 Å². The predicted molar refractivity (Wildman–Crippen MR) is 72.1 cm³/mol.